The number of nitrogens with one attached hydrogen (secondary N) is 2. The Labute approximate surface area is 179 Å². The molecule has 0 aromatic heterocycles. The molecule has 1 aliphatic rings. The predicted octanol–water partition coefficient (Wildman–Crippen LogP) is 2.16. The molecular weight excluding hydrogens is 405 g/mol. The van der Waals surface area contributed by atoms with Crippen molar-refractivity contribution in [2.45, 2.75) is 12.8 Å². The van der Waals surface area contributed by atoms with Crippen LogP contribution in [0, 0.1) is 11.7 Å². The van der Waals surface area contributed by atoms with Gasteiger partial charge in [-0.15, -0.1) is 0 Å². The summed E-state index contributed by atoms with van der Waals surface area (Å²) in [4.78, 5) is 38.9. The molecule has 0 bridgehead atoms. The van der Waals surface area contributed by atoms with Crippen LogP contribution in [0.25, 0.3) is 0 Å². The Balaban J connectivity index is 1.52. The van der Waals surface area contributed by atoms with Gasteiger partial charge in [-0.05, 0) is 49.2 Å². The quantitative estimate of drug-likeness (QED) is 0.710. The van der Waals surface area contributed by atoms with Crippen LogP contribution in [-0.4, -0.2) is 49.9 Å². The maximum Gasteiger partial charge on any atom is 0.269 e. The highest BCUT2D eigenvalue weighted by Gasteiger charge is 2.28. The number of piperidine rings is 1. The van der Waals surface area contributed by atoms with Crippen LogP contribution in [0.4, 0.5) is 4.39 Å². The van der Waals surface area contributed by atoms with Crippen LogP contribution in [0.2, 0.25) is 0 Å². The maximum atomic E-state index is 12.9. The average Bonchev–Trinajstić information content (AvgIpc) is 2.81. The van der Waals surface area contributed by atoms with Gasteiger partial charge < -0.3 is 14.4 Å². The van der Waals surface area contributed by atoms with E-state index in [1.54, 1.807) is 23.1 Å². The largest absolute Gasteiger partial charge is 0.497 e. The zero-order chi connectivity index (χ0) is 22.4. The minimum atomic E-state index is -0.534. The fraction of sp³-hybridized carbons (Fsp3) is 0.318. The molecule has 0 unspecified atom stereocenters. The Hall–Kier alpha value is -3.62. The molecule has 2 aromatic rings. The van der Waals surface area contributed by atoms with E-state index >= 15 is 0 Å². The van der Waals surface area contributed by atoms with Crippen LogP contribution >= 0.6 is 0 Å². The van der Waals surface area contributed by atoms with Crippen LogP contribution in [0.5, 0.6) is 11.5 Å². The van der Waals surface area contributed by atoms with Gasteiger partial charge in [-0.2, -0.15) is 0 Å². The molecule has 3 amide bonds. The molecular formula is C22H24FN3O5. The molecule has 1 aliphatic heterocycles. The molecule has 31 heavy (non-hydrogen) atoms. The standard InChI is InChI=1S/C22H24FN3O5/c1-30-18-11-16(12-19(13-18)31-2)22(29)26-9-7-15(8-10-26)21(28)25-24-20(27)14-3-5-17(23)6-4-14/h3-6,11-13,15H,7-10H2,1-2H3,(H,24,27)(H,25,28). The fourth-order valence-electron chi connectivity index (χ4n) is 3.35. The summed E-state index contributed by atoms with van der Waals surface area (Å²) in [5.74, 6) is -0.770. The molecule has 1 saturated heterocycles. The highest BCUT2D eigenvalue weighted by Crippen LogP contribution is 2.25. The van der Waals surface area contributed by atoms with E-state index in [4.69, 9.17) is 9.47 Å². The van der Waals surface area contributed by atoms with Crippen LogP contribution in [0.1, 0.15) is 33.6 Å². The van der Waals surface area contributed by atoms with E-state index in [2.05, 4.69) is 10.9 Å². The summed E-state index contributed by atoms with van der Waals surface area (Å²) in [5, 5.41) is 0. The van der Waals surface area contributed by atoms with Crippen LogP contribution in [0.15, 0.2) is 42.5 Å². The molecule has 164 valence electrons. The van der Waals surface area contributed by atoms with Crippen LogP contribution in [-0.2, 0) is 4.79 Å². The van der Waals surface area contributed by atoms with Crippen molar-refractivity contribution in [3.05, 3.63) is 59.4 Å². The van der Waals surface area contributed by atoms with Gasteiger partial charge in [-0.25, -0.2) is 4.39 Å². The number of benzene rings is 2. The van der Waals surface area contributed by atoms with Crippen molar-refractivity contribution < 1.29 is 28.2 Å². The van der Waals surface area contributed by atoms with E-state index in [0.29, 0.717) is 43.0 Å². The number of nitrogens with zero attached hydrogens (tertiary/aromatic N) is 1. The smallest absolute Gasteiger partial charge is 0.269 e. The summed E-state index contributed by atoms with van der Waals surface area (Å²) in [6.07, 6.45) is 0.927. The minimum absolute atomic E-state index is 0.166. The second-order valence-corrected chi connectivity index (χ2v) is 7.12. The summed E-state index contributed by atoms with van der Waals surface area (Å²) in [7, 11) is 3.03. The number of amides is 3. The zero-order valence-corrected chi connectivity index (χ0v) is 17.3. The van der Waals surface area contributed by atoms with Crippen molar-refractivity contribution in [2.24, 2.45) is 5.92 Å². The number of halogens is 1. The van der Waals surface area contributed by atoms with Gasteiger partial charge in [-0.3, -0.25) is 25.2 Å². The van der Waals surface area contributed by atoms with Gasteiger partial charge in [-0.1, -0.05) is 0 Å². The summed E-state index contributed by atoms with van der Waals surface area (Å²) < 4.78 is 23.4. The highest BCUT2D eigenvalue weighted by atomic mass is 19.1. The lowest BCUT2D eigenvalue weighted by atomic mass is 9.95. The second-order valence-electron chi connectivity index (χ2n) is 7.12. The number of likely N-dealkylation sites (tertiary alicyclic amines) is 1. The van der Waals surface area contributed by atoms with Crippen molar-refractivity contribution in [1.82, 2.24) is 15.8 Å². The summed E-state index contributed by atoms with van der Waals surface area (Å²) in [6, 6.07) is 9.97. The molecule has 0 spiro atoms. The first-order valence-corrected chi connectivity index (χ1v) is 9.79. The fourth-order valence-corrected chi connectivity index (χ4v) is 3.35. The normalized spacial score (nSPS) is 14.0. The van der Waals surface area contributed by atoms with Gasteiger partial charge in [0.1, 0.15) is 17.3 Å². The Kier molecular flexibility index (Phi) is 7.07. The number of methoxy groups -OCH3 is 2. The lowest BCUT2D eigenvalue weighted by Gasteiger charge is -2.31. The minimum Gasteiger partial charge on any atom is -0.497 e. The van der Waals surface area contributed by atoms with Crippen molar-refractivity contribution in [1.29, 1.82) is 0 Å². The maximum absolute atomic E-state index is 12.9. The number of carbonyl (C=O) groups is 3. The Morgan fingerprint density at radius 3 is 2.03 bits per heavy atom. The molecule has 0 saturated carbocycles. The monoisotopic (exact) mass is 429 g/mol. The third-order valence-corrected chi connectivity index (χ3v) is 5.16. The molecule has 8 nitrogen and oxygen atoms in total. The molecule has 0 atom stereocenters. The van der Waals surface area contributed by atoms with Crippen molar-refractivity contribution >= 4 is 17.7 Å². The summed E-state index contributed by atoms with van der Waals surface area (Å²) in [5.41, 5.74) is 5.42. The van der Waals surface area contributed by atoms with Gasteiger partial charge in [0.25, 0.3) is 11.8 Å². The molecule has 1 fully saturated rings. The van der Waals surface area contributed by atoms with Crippen molar-refractivity contribution in [3.8, 4) is 11.5 Å². The summed E-state index contributed by atoms with van der Waals surface area (Å²) in [6.45, 7) is 0.810. The SMILES string of the molecule is COc1cc(OC)cc(C(=O)N2CCC(C(=O)NNC(=O)c3ccc(F)cc3)CC2)c1. The lowest BCUT2D eigenvalue weighted by molar-refractivity contribution is -0.127. The molecule has 2 N–H and O–H groups in total. The lowest BCUT2D eigenvalue weighted by Crippen LogP contribution is -2.48. The first kappa shape index (κ1) is 22.1. The van der Waals surface area contributed by atoms with Gasteiger partial charge in [0, 0.05) is 36.2 Å². The van der Waals surface area contributed by atoms with E-state index in [0.717, 1.165) is 0 Å². The average molecular weight is 429 g/mol. The number of carbonyl (C=O) groups excluding carboxylic acids is 3. The predicted molar refractivity (Wildman–Crippen MR) is 110 cm³/mol. The topological polar surface area (TPSA) is 97.0 Å². The number of hydrogen-bond donors (Lipinski definition) is 2. The molecule has 9 heteroatoms. The Morgan fingerprint density at radius 1 is 0.903 bits per heavy atom. The number of hydrazine groups is 1. The first-order valence-electron chi connectivity index (χ1n) is 9.79. The van der Waals surface area contributed by atoms with Gasteiger partial charge in [0.2, 0.25) is 5.91 Å². The van der Waals surface area contributed by atoms with E-state index < -0.39 is 11.7 Å². The van der Waals surface area contributed by atoms with Crippen LogP contribution in [0.3, 0.4) is 0 Å². The first-order chi connectivity index (χ1) is 14.9. The van der Waals surface area contributed by atoms with E-state index in [1.165, 1.54) is 38.5 Å². The van der Waals surface area contributed by atoms with Gasteiger partial charge >= 0.3 is 0 Å². The van der Waals surface area contributed by atoms with Gasteiger partial charge in [0.05, 0.1) is 14.2 Å². The number of rotatable bonds is 5. The molecule has 3 rings (SSSR count). The summed E-state index contributed by atoms with van der Waals surface area (Å²) >= 11 is 0. The number of hydrogen-bond acceptors (Lipinski definition) is 5. The van der Waals surface area contributed by atoms with E-state index in [1.807, 2.05) is 0 Å². The molecule has 0 radical (unpaired) electrons. The molecule has 0 aliphatic carbocycles. The third-order valence-electron chi connectivity index (χ3n) is 5.16. The Bertz CT molecular complexity index is 934. The van der Waals surface area contributed by atoms with E-state index in [9.17, 15) is 18.8 Å². The van der Waals surface area contributed by atoms with Gasteiger partial charge in [0.15, 0.2) is 0 Å². The highest BCUT2D eigenvalue weighted by molar-refractivity contribution is 5.96. The second kappa shape index (κ2) is 9.92. The van der Waals surface area contributed by atoms with Crippen molar-refractivity contribution in [2.75, 3.05) is 27.3 Å². The zero-order valence-electron chi connectivity index (χ0n) is 17.3. The molecule has 1 heterocycles. The molecule has 2 aromatic carbocycles. The number of ether oxygens (including phenoxy) is 2. The van der Waals surface area contributed by atoms with Crippen molar-refractivity contribution in [3.63, 3.8) is 0 Å². The van der Waals surface area contributed by atoms with Crippen LogP contribution < -0.4 is 20.3 Å². The Morgan fingerprint density at radius 2 is 1.48 bits per heavy atom. The van der Waals surface area contributed by atoms with E-state index in [-0.39, 0.29) is 23.3 Å². The third kappa shape index (κ3) is 5.50.